The number of fused-ring (bicyclic) bond motifs is 3. The number of hydrogen-bond acceptors (Lipinski definition) is 4. The molecule has 0 aromatic carbocycles. The summed E-state index contributed by atoms with van der Waals surface area (Å²) in [5, 5.41) is 0. The van der Waals surface area contributed by atoms with Crippen LogP contribution in [-0.2, 0) is 10.0 Å². The van der Waals surface area contributed by atoms with Crippen LogP contribution in [0.25, 0.3) is 9.75 Å². The van der Waals surface area contributed by atoms with Crippen LogP contribution in [0, 0.1) is 5.92 Å². The lowest BCUT2D eigenvalue weighted by Crippen LogP contribution is -2.37. The van der Waals surface area contributed by atoms with Crippen LogP contribution in [0.4, 0.5) is 5.69 Å². The summed E-state index contributed by atoms with van der Waals surface area (Å²) >= 11 is 10.4. The van der Waals surface area contributed by atoms with Gasteiger partial charge in [-0.15, -0.1) is 22.7 Å². The van der Waals surface area contributed by atoms with E-state index in [4.69, 9.17) is 0 Å². The van der Waals surface area contributed by atoms with Crippen molar-refractivity contribution >= 4 is 70.2 Å². The monoisotopic (exact) mass is 819 g/mol. The second kappa shape index (κ2) is 23.5. The normalized spacial score (nSPS) is 13.9. The first-order valence-corrected chi connectivity index (χ1v) is 23.7. The second-order valence-electron chi connectivity index (χ2n) is 13.8. The maximum Gasteiger partial charge on any atom is 0.265 e. The molecule has 2 aromatic heterocycles. The summed E-state index contributed by atoms with van der Waals surface area (Å²) in [6.07, 6.45) is 34.8. The van der Waals surface area contributed by atoms with Crippen LogP contribution in [-0.4, -0.2) is 15.0 Å². The Bertz CT molecular complexity index is 1160. The van der Waals surface area contributed by atoms with Crippen molar-refractivity contribution in [2.45, 2.75) is 186 Å². The van der Waals surface area contributed by atoms with Gasteiger partial charge in [0.05, 0.1) is 23.0 Å². The molecule has 0 aliphatic carbocycles. The molecule has 0 atom stereocenters. The summed E-state index contributed by atoms with van der Waals surface area (Å²) in [4.78, 5) is 2.44. The van der Waals surface area contributed by atoms with Gasteiger partial charge in [0.2, 0.25) is 0 Å². The first kappa shape index (κ1) is 40.5. The molecular weight excluding hydrogens is 758 g/mol. The fourth-order valence-corrected chi connectivity index (χ4v) is 12.6. The molecule has 8 heteroatoms. The molecule has 3 nitrogen and oxygen atoms in total. The molecular formula is C38H63Br2NO2S3. The van der Waals surface area contributed by atoms with Crippen molar-refractivity contribution in [3.05, 3.63) is 19.7 Å². The summed E-state index contributed by atoms with van der Waals surface area (Å²) < 4.78 is 31.6. The Morgan fingerprint density at radius 2 is 0.935 bits per heavy atom. The highest BCUT2D eigenvalue weighted by Gasteiger charge is 2.39. The molecule has 1 aliphatic rings. The van der Waals surface area contributed by atoms with Crippen molar-refractivity contribution in [2.24, 2.45) is 5.92 Å². The highest BCUT2D eigenvalue weighted by atomic mass is 79.9. The van der Waals surface area contributed by atoms with E-state index < -0.39 is 10.0 Å². The molecule has 0 unspecified atom stereocenters. The third-order valence-corrected chi connectivity index (χ3v) is 15.1. The van der Waals surface area contributed by atoms with Crippen LogP contribution in [0.2, 0.25) is 0 Å². The molecule has 0 N–H and O–H groups in total. The number of rotatable bonds is 28. The number of anilines is 1. The lowest BCUT2D eigenvalue weighted by molar-refractivity contribution is 0.408. The van der Waals surface area contributed by atoms with Gasteiger partial charge in [0.15, 0.2) is 0 Å². The standard InChI is InChI=1S/C38H63Br2NO2S3/c1-3-5-7-9-11-13-15-17-19-21-23-25-27-32(28-26-24-22-20-18-16-14-12-10-8-6-4-2)31-41-33-29-35(39)44-37(33)38-34(46(41,42)43)30-36(40)45-38/h29-30,32H,3-28,31H2,1-2H3. The third kappa shape index (κ3) is 14.2. The molecule has 0 spiro atoms. The number of hydrogen-bond donors (Lipinski definition) is 0. The van der Waals surface area contributed by atoms with E-state index in [1.54, 1.807) is 15.6 Å². The molecule has 0 radical (unpaired) electrons. The summed E-state index contributed by atoms with van der Waals surface area (Å²) in [7, 11) is -3.57. The van der Waals surface area contributed by atoms with Crippen molar-refractivity contribution in [3.8, 4) is 9.75 Å². The van der Waals surface area contributed by atoms with Gasteiger partial charge >= 0.3 is 0 Å². The summed E-state index contributed by atoms with van der Waals surface area (Å²) in [5.74, 6) is 0.399. The molecule has 2 aromatic rings. The van der Waals surface area contributed by atoms with Gasteiger partial charge in [-0.3, -0.25) is 4.31 Å². The zero-order valence-electron chi connectivity index (χ0n) is 29.1. The highest BCUT2D eigenvalue weighted by Crippen LogP contribution is 2.53. The first-order valence-electron chi connectivity index (χ1n) is 19.0. The molecule has 0 bridgehead atoms. The number of nitrogens with zero attached hydrogens (tertiary/aromatic N) is 1. The van der Waals surface area contributed by atoms with E-state index in [1.807, 2.05) is 12.1 Å². The highest BCUT2D eigenvalue weighted by molar-refractivity contribution is 9.11. The molecule has 1 aliphatic heterocycles. The van der Waals surface area contributed by atoms with Crippen LogP contribution >= 0.6 is 54.5 Å². The SMILES string of the molecule is CCCCCCCCCCCCCCC(CCCCCCCCCCCCCC)CN1c2cc(Br)sc2-c2sc(Br)cc2S1(=O)=O. The number of sulfonamides is 1. The number of thiophene rings is 2. The minimum atomic E-state index is -3.57. The minimum absolute atomic E-state index is 0.399. The second-order valence-corrected chi connectivity index (χ2v) is 20.5. The van der Waals surface area contributed by atoms with Crippen LogP contribution in [0.15, 0.2) is 24.6 Å². The molecule has 0 saturated carbocycles. The average molecular weight is 822 g/mol. The Morgan fingerprint density at radius 3 is 1.37 bits per heavy atom. The van der Waals surface area contributed by atoms with E-state index in [0.29, 0.717) is 17.4 Å². The van der Waals surface area contributed by atoms with Crippen LogP contribution < -0.4 is 4.31 Å². The van der Waals surface area contributed by atoms with Gasteiger partial charge in [0, 0.05) is 6.54 Å². The fraction of sp³-hybridized carbons (Fsp3) is 0.789. The van der Waals surface area contributed by atoms with Crippen molar-refractivity contribution in [1.29, 1.82) is 0 Å². The van der Waals surface area contributed by atoms with Crippen molar-refractivity contribution in [1.82, 2.24) is 0 Å². The molecule has 3 rings (SSSR count). The summed E-state index contributed by atoms with van der Waals surface area (Å²) in [5.41, 5.74) is 0.869. The van der Waals surface area contributed by atoms with Gasteiger partial charge in [0.1, 0.15) is 4.90 Å². The number of unbranched alkanes of at least 4 members (excludes halogenated alkanes) is 22. The van der Waals surface area contributed by atoms with Crippen LogP contribution in [0.1, 0.15) is 181 Å². The van der Waals surface area contributed by atoms with E-state index in [-0.39, 0.29) is 0 Å². The Labute approximate surface area is 308 Å². The largest absolute Gasteiger partial charge is 0.265 e. The van der Waals surface area contributed by atoms with Crippen LogP contribution in [0.5, 0.6) is 0 Å². The Hall–Kier alpha value is 0.110. The predicted molar refractivity (Wildman–Crippen MR) is 212 cm³/mol. The van der Waals surface area contributed by atoms with Crippen LogP contribution in [0.3, 0.4) is 0 Å². The van der Waals surface area contributed by atoms with Crippen molar-refractivity contribution < 1.29 is 8.42 Å². The molecule has 0 saturated heterocycles. The zero-order chi connectivity index (χ0) is 33.0. The lowest BCUT2D eigenvalue weighted by atomic mass is 9.93. The maximum atomic E-state index is 14.0. The van der Waals surface area contributed by atoms with Gasteiger partial charge < -0.3 is 0 Å². The van der Waals surface area contributed by atoms with Crippen molar-refractivity contribution in [2.75, 3.05) is 10.8 Å². The van der Waals surface area contributed by atoms with Gasteiger partial charge in [-0.2, -0.15) is 0 Å². The lowest BCUT2D eigenvalue weighted by Gasteiger charge is -2.32. The third-order valence-electron chi connectivity index (χ3n) is 9.75. The Balaban J connectivity index is 1.46. The molecule has 264 valence electrons. The quantitative estimate of drug-likeness (QED) is 0.0802. The zero-order valence-corrected chi connectivity index (χ0v) is 34.7. The van der Waals surface area contributed by atoms with E-state index in [9.17, 15) is 8.42 Å². The van der Waals surface area contributed by atoms with Gasteiger partial charge in [0.25, 0.3) is 10.0 Å². The summed E-state index contributed by atoms with van der Waals surface area (Å²) in [6, 6.07) is 3.84. The molecule has 3 heterocycles. The Kier molecular flexibility index (Phi) is 20.7. The van der Waals surface area contributed by atoms with E-state index >= 15 is 0 Å². The van der Waals surface area contributed by atoms with Crippen molar-refractivity contribution in [3.63, 3.8) is 0 Å². The minimum Gasteiger partial charge on any atom is -0.264 e. The first-order chi connectivity index (χ1) is 22.4. The predicted octanol–water partition coefficient (Wildman–Crippen LogP) is 15.3. The smallest absolute Gasteiger partial charge is 0.264 e. The van der Waals surface area contributed by atoms with Gasteiger partial charge in [-0.1, -0.05) is 168 Å². The van der Waals surface area contributed by atoms with E-state index in [1.165, 1.54) is 165 Å². The van der Waals surface area contributed by atoms with E-state index in [0.717, 1.165) is 35.9 Å². The van der Waals surface area contributed by atoms with Gasteiger partial charge in [-0.25, -0.2) is 8.42 Å². The van der Waals surface area contributed by atoms with E-state index in [2.05, 4.69) is 45.7 Å². The summed E-state index contributed by atoms with van der Waals surface area (Å²) in [6.45, 7) is 5.17. The molecule has 0 amide bonds. The molecule has 0 fully saturated rings. The Morgan fingerprint density at radius 1 is 0.565 bits per heavy atom. The maximum absolute atomic E-state index is 14.0. The van der Waals surface area contributed by atoms with Gasteiger partial charge in [-0.05, 0) is 62.8 Å². The molecule has 46 heavy (non-hydrogen) atoms. The topological polar surface area (TPSA) is 37.4 Å². The average Bonchev–Trinajstić information content (AvgIpc) is 3.62. The number of halogens is 2. The fourth-order valence-electron chi connectivity index (χ4n) is 6.95.